The number of ether oxygens (including phenoxy) is 3. The molecule has 0 saturated heterocycles. The van der Waals surface area contributed by atoms with Crippen LogP contribution >= 0.6 is 0 Å². The molecule has 2 atom stereocenters. The molecule has 3 rings (SSSR count). The normalized spacial score (nSPS) is 27.1. The molecule has 2 aliphatic rings. The second kappa shape index (κ2) is 7.41. The minimum absolute atomic E-state index is 0.253. The first-order chi connectivity index (χ1) is 12.8. The average molecular weight is 373 g/mol. The van der Waals surface area contributed by atoms with Gasteiger partial charge < -0.3 is 14.2 Å². The molecule has 1 fully saturated rings. The molecular formula is C24H36O3. The standard InChI is InChI=1S/C24H36O3/c1-16-9-12-21-23(2,3)13-8-14-24(21,4)18(16)15-17-19(25-5)10-11-20(26-6)22(17)27-7/h10-11,21H,8-9,12-15H2,1-7H3/t21-,24+/m0/s1. The lowest BCUT2D eigenvalue weighted by Crippen LogP contribution is -2.45. The SMILES string of the molecule is COc1ccc(OC)c(OC)c1CC1=C(C)CC[C@H]2C(C)(C)CCC[C@]12C. The first-order valence-corrected chi connectivity index (χ1v) is 10.3. The number of fused-ring (bicyclic) bond motifs is 1. The molecule has 0 aromatic heterocycles. The van der Waals surface area contributed by atoms with Crippen LogP contribution in [0, 0.1) is 16.7 Å². The van der Waals surface area contributed by atoms with Crippen molar-refractivity contribution >= 4 is 0 Å². The fourth-order valence-corrected chi connectivity index (χ4v) is 6.05. The summed E-state index contributed by atoms with van der Waals surface area (Å²) in [5, 5.41) is 0. The van der Waals surface area contributed by atoms with Crippen LogP contribution in [0.25, 0.3) is 0 Å². The van der Waals surface area contributed by atoms with Gasteiger partial charge in [-0.25, -0.2) is 0 Å². The largest absolute Gasteiger partial charge is 0.496 e. The molecule has 0 radical (unpaired) electrons. The van der Waals surface area contributed by atoms with Gasteiger partial charge in [0.05, 0.1) is 21.3 Å². The van der Waals surface area contributed by atoms with Gasteiger partial charge >= 0.3 is 0 Å². The van der Waals surface area contributed by atoms with E-state index in [1.165, 1.54) is 32.1 Å². The topological polar surface area (TPSA) is 27.7 Å². The van der Waals surface area contributed by atoms with E-state index in [4.69, 9.17) is 14.2 Å². The maximum absolute atomic E-state index is 5.77. The van der Waals surface area contributed by atoms with Crippen LogP contribution in [0.15, 0.2) is 23.3 Å². The molecule has 1 aromatic rings. The summed E-state index contributed by atoms with van der Waals surface area (Å²) in [5.41, 5.74) is 4.92. The molecule has 2 aliphatic carbocycles. The summed E-state index contributed by atoms with van der Waals surface area (Å²) in [4.78, 5) is 0. The van der Waals surface area contributed by atoms with E-state index in [0.29, 0.717) is 5.41 Å². The molecule has 0 amide bonds. The monoisotopic (exact) mass is 372 g/mol. The zero-order valence-electron chi connectivity index (χ0n) is 18.2. The predicted molar refractivity (Wildman–Crippen MR) is 111 cm³/mol. The van der Waals surface area contributed by atoms with Crippen molar-refractivity contribution in [1.29, 1.82) is 0 Å². The van der Waals surface area contributed by atoms with Crippen molar-refractivity contribution in [2.75, 3.05) is 21.3 Å². The molecule has 150 valence electrons. The van der Waals surface area contributed by atoms with Crippen molar-refractivity contribution in [3.8, 4) is 17.2 Å². The minimum Gasteiger partial charge on any atom is -0.496 e. The molecule has 0 spiro atoms. The van der Waals surface area contributed by atoms with Crippen LogP contribution in [0.1, 0.15) is 65.4 Å². The number of hydrogen-bond donors (Lipinski definition) is 0. The second-order valence-electron chi connectivity index (χ2n) is 9.27. The van der Waals surface area contributed by atoms with E-state index in [9.17, 15) is 0 Å². The summed E-state index contributed by atoms with van der Waals surface area (Å²) in [6.07, 6.45) is 7.31. The Morgan fingerprint density at radius 3 is 2.26 bits per heavy atom. The van der Waals surface area contributed by atoms with Gasteiger partial charge in [0.25, 0.3) is 0 Å². The smallest absolute Gasteiger partial charge is 0.167 e. The summed E-state index contributed by atoms with van der Waals surface area (Å²) < 4.78 is 17.0. The Morgan fingerprint density at radius 2 is 1.63 bits per heavy atom. The van der Waals surface area contributed by atoms with E-state index in [0.717, 1.165) is 35.2 Å². The Hall–Kier alpha value is -1.64. The lowest BCUT2D eigenvalue weighted by molar-refractivity contribution is 0.0111. The highest BCUT2D eigenvalue weighted by Crippen LogP contribution is 2.60. The van der Waals surface area contributed by atoms with Crippen LogP contribution in [0.3, 0.4) is 0 Å². The van der Waals surface area contributed by atoms with E-state index >= 15 is 0 Å². The average Bonchev–Trinajstić information content (AvgIpc) is 2.63. The summed E-state index contributed by atoms with van der Waals surface area (Å²) in [7, 11) is 5.15. The van der Waals surface area contributed by atoms with E-state index in [1.54, 1.807) is 32.5 Å². The molecule has 27 heavy (non-hydrogen) atoms. The summed E-state index contributed by atoms with van der Waals surface area (Å²) >= 11 is 0. The summed E-state index contributed by atoms with van der Waals surface area (Å²) in [5.74, 6) is 3.19. The molecule has 0 N–H and O–H groups in total. The van der Waals surface area contributed by atoms with Gasteiger partial charge in [-0.1, -0.05) is 38.3 Å². The van der Waals surface area contributed by atoms with Crippen LogP contribution in [0.5, 0.6) is 17.2 Å². The molecule has 0 unspecified atom stereocenters. The number of allylic oxidation sites excluding steroid dienone is 2. The third kappa shape index (κ3) is 3.34. The van der Waals surface area contributed by atoms with Crippen LogP contribution in [-0.2, 0) is 6.42 Å². The molecule has 0 aliphatic heterocycles. The second-order valence-corrected chi connectivity index (χ2v) is 9.27. The highest BCUT2D eigenvalue weighted by atomic mass is 16.5. The van der Waals surface area contributed by atoms with Gasteiger partial charge in [0.15, 0.2) is 11.5 Å². The number of benzene rings is 1. The molecule has 0 heterocycles. The van der Waals surface area contributed by atoms with Crippen molar-refractivity contribution in [2.45, 2.75) is 66.2 Å². The summed E-state index contributed by atoms with van der Waals surface area (Å²) in [6.45, 7) is 9.79. The van der Waals surface area contributed by atoms with Gasteiger partial charge in [-0.05, 0) is 61.5 Å². The molecule has 0 bridgehead atoms. The fraction of sp³-hybridized carbons (Fsp3) is 0.667. The highest BCUT2D eigenvalue weighted by molar-refractivity contribution is 5.56. The van der Waals surface area contributed by atoms with Gasteiger partial charge in [0.1, 0.15) is 5.75 Å². The van der Waals surface area contributed by atoms with E-state index in [-0.39, 0.29) is 5.41 Å². The van der Waals surface area contributed by atoms with Crippen molar-refractivity contribution in [2.24, 2.45) is 16.7 Å². The Kier molecular flexibility index (Phi) is 5.52. The van der Waals surface area contributed by atoms with E-state index in [2.05, 4.69) is 27.7 Å². The zero-order valence-corrected chi connectivity index (χ0v) is 18.2. The van der Waals surface area contributed by atoms with E-state index < -0.39 is 0 Å². The van der Waals surface area contributed by atoms with E-state index in [1.807, 2.05) is 12.1 Å². The number of methoxy groups -OCH3 is 3. The Bertz CT molecular complexity index is 731. The molecule has 3 heteroatoms. The third-order valence-electron chi connectivity index (χ3n) is 7.42. The number of hydrogen-bond acceptors (Lipinski definition) is 3. The Labute approximate surface area is 165 Å². The lowest BCUT2D eigenvalue weighted by Gasteiger charge is -2.55. The Morgan fingerprint density at radius 1 is 0.963 bits per heavy atom. The van der Waals surface area contributed by atoms with Crippen LogP contribution in [0.2, 0.25) is 0 Å². The van der Waals surface area contributed by atoms with Crippen LogP contribution < -0.4 is 14.2 Å². The lowest BCUT2D eigenvalue weighted by atomic mass is 9.50. The first-order valence-electron chi connectivity index (χ1n) is 10.3. The molecular weight excluding hydrogens is 336 g/mol. The van der Waals surface area contributed by atoms with Gasteiger partial charge in [0, 0.05) is 12.0 Å². The third-order valence-corrected chi connectivity index (χ3v) is 7.42. The van der Waals surface area contributed by atoms with Gasteiger partial charge in [-0.3, -0.25) is 0 Å². The summed E-state index contributed by atoms with van der Waals surface area (Å²) in [6, 6.07) is 3.93. The zero-order chi connectivity index (χ0) is 19.8. The van der Waals surface area contributed by atoms with Gasteiger partial charge in [-0.15, -0.1) is 0 Å². The predicted octanol–water partition coefficient (Wildman–Crippen LogP) is 6.20. The van der Waals surface area contributed by atoms with Crippen LogP contribution in [-0.4, -0.2) is 21.3 Å². The Balaban J connectivity index is 2.09. The molecule has 3 nitrogen and oxygen atoms in total. The van der Waals surface area contributed by atoms with Gasteiger partial charge in [-0.2, -0.15) is 0 Å². The van der Waals surface area contributed by atoms with Crippen LogP contribution in [0.4, 0.5) is 0 Å². The molecule has 1 aromatic carbocycles. The quantitative estimate of drug-likeness (QED) is 0.576. The number of rotatable bonds is 5. The maximum atomic E-state index is 5.77. The van der Waals surface area contributed by atoms with Gasteiger partial charge in [0.2, 0.25) is 0 Å². The highest BCUT2D eigenvalue weighted by Gasteiger charge is 2.50. The molecule has 1 saturated carbocycles. The fourth-order valence-electron chi connectivity index (χ4n) is 6.05. The van der Waals surface area contributed by atoms with Crippen molar-refractivity contribution in [3.63, 3.8) is 0 Å². The maximum Gasteiger partial charge on any atom is 0.167 e. The van der Waals surface area contributed by atoms with Crippen molar-refractivity contribution in [1.82, 2.24) is 0 Å². The first kappa shape index (κ1) is 20.1. The van der Waals surface area contributed by atoms with Crippen molar-refractivity contribution < 1.29 is 14.2 Å². The minimum atomic E-state index is 0.253. The van der Waals surface area contributed by atoms with Crippen molar-refractivity contribution in [3.05, 3.63) is 28.8 Å².